The first kappa shape index (κ1) is 15.7. The van der Waals surface area contributed by atoms with E-state index in [0.29, 0.717) is 5.56 Å². The summed E-state index contributed by atoms with van der Waals surface area (Å²) in [4.78, 5) is 0.0944. The maximum atomic E-state index is 13.5. The molecule has 0 aromatic heterocycles. The topological polar surface area (TPSA) is 78.2 Å². The number of hydrogen-bond donors (Lipinski definition) is 1. The smallest absolute Gasteiger partial charge is 0.183 e. The molecule has 1 N–H and O–H groups in total. The Morgan fingerprint density at radius 3 is 2.43 bits per heavy atom. The van der Waals surface area contributed by atoms with E-state index < -0.39 is 38.8 Å². The summed E-state index contributed by atoms with van der Waals surface area (Å²) in [6.07, 6.45) is 0. The molecule has 0 spiro atoms. The zero-order valence-corrected chi connectivity index (χ0v) is 12.9. The molecule has 0 aliphatic heterocycles. The minimum atomic E-state index is -3.81. The van der Waals surface area contributed by atoms with Gasteiger partial charge in [0.25, 0.3) is 0 Å². The fraction of sp³-hybridized carbons (Fsp3) is 0.235. The van der Waals surface area contributed by atoms with Gasteiger partial charge in [0.2, 0.25) is 0 Å². The van der Waals surface area contributed by atoms with Crippen molar-refractivity contribution >= 4 is 9.84 Å². The first-order chi connectivity index (χ1) is 11.0. The molecule has 0 bridgehead atoms. The number of hydrogen-bond acceptors (Lipinski definition) is 4. The molecule has 3 rings (SSSR count). The molecule has 2 aromatic carbocycles. The fourth-order valence-electron chi connectivity index (χ4n) is 3.15. The van der Waals surface area contributed by atoms with Gasteiger partial charge in [-0.25, -0.2) is 12.8 Å². The SMILES string of the molecule is N#CC1(CO)C(c2cccc(F)c2)C1S(=O)(=O)c1ccccc1. The van der Waals surface area contributed by atoms with Gasteiger partial charge in [-0.2, -0.15) is 5.26 Å². The van der Waals surface area contributed by atoms with Crippen LogP contribution < -0.4 is 0 Å². The van der Waals surface area contributed by atoms with Crippen LogP contribution in [-0.4, -0.2) is 25.4 Å². The third-order valence-electron chi connectivity index (χ3n) is 4.34. The fourth-order valence-corrected chi connectivity index (χ4v) is 5.48. The van der Waals surface area contributed by atoms with Crippen molar-refractivity contribution in [2.75, 3.05) is 6.61 Å². The lowest BCUT2D eigenvalue weighted by atomic mass is 10.0. The molecule has 118 valence electrons. The molecule has 2 aromatic rings. The Labute approximate surface area is 133 Å². The molecule has 6 heteroatoms. The molecule has 4 nitrogen and oxygen atoms in total. The van der Waals surface area contributed by atoms with E-state index in [9.17, 15) is 23.2 Å². The second-order valence-electron chi connectivity index (χ2n) is 5.62. The third-order valence-corrected chi connectivity index (χ3v) is 6.63. The highest BCUT2D eigenvalue weighted by atomic mass is 32.2. The molecule has 0 saturated heterocycles. The Kier molecular flexibility index (Phi) is 3.71. The van der Waals surface area contributed by atoms with Crippen LogP contribution in [0.15, 0.2) is 59.5 Å². The number of nitriles is 1. The average Bonchev–Trinajstić information content (AvgIpc) is 3.26. The Balaban J connectivity index is 2.10. The highest BCUT2D eigenvalue weighted by Crippen LogP contribution is 2.63. The summed E-state index contributed by atoms with van der Waals surface area (Å²) in [6, 6.07) is 15.3. The molecule has 23 heavy (non-hydrogen) atoms. The molecule has 0 radical (unpaired) electrons. The Morgan fingerprint density at radius 2 is 1.87 bits per heavy atom. The summed E-state index contributed by atoms with van der Waals surface area (Å²) in [6.45, 7) is -0.596. The summed E-state index contributed by atoms with van der Waals surface area (Å²) >= 11 is 0. The highest BCUT2D eigenvalue weighted by Gasteiger charge is 2.72. The Hall–Kier alpha value is -2.23. The van der Waals surface area contributed by atoms with E-state index in [1.807, 2.05) is 6.07 Å². The van der Waals surface area contributed by atoms with Gasteiger partial charge in [-0.15, -0.1) is 0 Å². The standard InChI is InChI=1S/C17H14FNO3S/c18-13-6-4-5-12(9-13)15-16(17(15,10-19)11-20)23(21,22)14-7-2-1-3-8-14/h1-9,15-16,20H,11H2. The van der Waals surface area contributed by atoms with Crippen molar-refractivity contribution in [1.29, 1.82) is 5.26 Å². The molecule has 0 heterocycles. The highest BCUT2D eigenvalue weighted by molar-refractivity contribution is 7.92. The third kappa shape index (κ3) is 2.33. The van der Waals surface area contributed by atoms with Crippen LogP contribution in [0, 0.1) is 22.6 Å². The van der Waals surface area contributed by atoms with Gasteiger partial charge < -0.3 is 5.11 Å². The Morgan fingerprint density at radius 1 is 1.17 bits per heavy atom. The van der Waals surface area contributed by atoms with Crippen molar-refractivity contribution in [2.45, 2.75) is 16.1 Å². The van der Waals surface area contributed by atoms with Gasteiger partial charge in [-0.3, -0.25) is 0 Å². The van der Waals surface area contributed by atoms with Crippen molar-refractivity contribution in [3.63, 3.8) is 0 Å². The van der Waals surface area contributed by atoms with E-state index in [-0.39, 0.29) is 4.90 Å². The normalized spacial score (nSPS) is 26.5. The van der Waals surface area contributed by atoms with E-state index in [2.05, 4.69) is 0 Å². The maximum absolute atomic E-state index is 13.5. The predicted octanol–water partition coefficient (Wildman–Crippen LogP) is 2.27. The number of aliphatic hydroxyl groups excluding tert-OH is 1. The van der Waals surface area contributed by atoms with E-state index in [1.165, 1.54) is 30.3 Å². The summed E-state index contributed by atoms with van der Waals surface area (Å²) in [5, 5.41) is 18.0. The molecule has 1 aliphatic carbocycles. The number of benzene rings is 2. The molecule has 3 unspecified atom stereocenters. The molecule has 0 amide bonds. The van der Waals surface area contributed by atoms with Gasteiger partial charge in [0.1, 0.15) is 11.2 Å². The second-order valence-corrected chi connectivity index (χ2v) is 7.69. The Bertz CT molecular complexity index is 876. The average molecular weight is 331 g/mol. The van der Waals surface area contributed by atoms with Crippen LogP contribution in [0.2, 0.25) is 0 Å². The molecule has 1 fully saturated rings. The van der Waals surface area contributed by atoms with E-state index in [0.717, 1.165) is 0 Å². The lowest BCUT2D eigenvalue weighted by Gasteiger charge is -2.05. The first-order valence-electron chi connectivity index (χ1n) is 7.04. The van der Waals surface area contributed by atoms with Crippen molar-refractivity contribution < 1.29 is 17.9 Å². The summed E-state index contributed by atoms with van der Waals surface area (Å²) in [5.74, 6) is -1.26. The molecular formula is C17H14FNO3S. The van der Waals surface area contributed by atoms with Gasteiger partial charge in [-0.1, -0.05) is 30.3 Å². The van der Waals surface area contributed by atoms with Crippen LogP contribution in [0.5, 0.6) is 0 Å². The monoisotopic (exact) mass is 331 g/mol. The minimum Gasteiger partial charge on any atom is -0.395 e. The molecule has 3 atom stereocenters. The summed E-state index contributed by atoms with van der Waals surface area (Å²) in [7, 11) is -3.81. The van der Waals surface area contributed by atoms with Crippen LogP contribution in [0.4, 0.5) is 4.39 Å². The van der Waals surface area contributed by atoms with Crippen LogP contribution >= 0.6 is 0 Å². The van der Waals surface area contributed by atoms with Gasteiger partial charge in [0.05, 0.1) is 22.8 Å². The summed E-state index contributed by atoms with van der Waals surface area (Å²) in [5.41, 5.74) is -1.03. The largest absolute Gasteiger partial charge is 0.395 e. The second kappa shape index (κ2) is 5.44. The molecular weight excluding hydrogens is 317 g/mol. The lowest BCUT2D eigenvalue weighted by Crippen LogP contribution is -2.18. The minimum absolute atomic E-state index is 0.0944. The zero-order valence-electron chi connectivity index (χ0n) is 12.1. The lowest BCUT2D eigenvalue weighted by molar-refractivity contribution is 0.242. The number of aliphatic hydroxyl groups is 1. The van der Waals surface area contributed by atoms with Crippen LogP contribution in [0.25, 0.3) is 0 Å². The van der Waals surface area contributed by atoms with E-state index in [4.69, 9.17) is 0 Å². The number of rotatable bonds is 4. The van der Waals surface area contributed by atoms with Crippen LogP contribution in [0.1, 0.15) is 11.5 Å². The molecule has 1 aliphatic rings. The van der Waals surface area contributed by atoms with Crippen molar-refractivity contribution in [3.8, 4) is 6.07 Å². The van der Waals surface area contributed by atoms with Crippen LogP contribution in [0.3, 0.4) is 0 Å². The zero-order chi connectivity index (χ0) is 16.7. The summed E-state index contributed by atoms with van der Waals surface area (Å²) < 4.78 is 39.1. The quantitative estimate of drug-likeness (QED) is 0.932. The van der Waals surface area contributed by atoms with Gasteiger partial charge in [0, 0.05) is 5.92 Å². The van der Waals surface area contributed by atoms with Gasteiger partial charge in [0.15, 0.2) is 9.84 Å². The molecule has 1 saturated carbocycles. The predicted molar refractivity (Wildman–Crippen MR) is 81.7 cm³/mol. The van der Waals surface area contributed by atoms with Crippen molar-refractivity contribution in [1.82, 2.24) is 0 Å². The van der Waals surface area contributed by atoms with Crippen molar-refractivity contribution in [3.05, 3.63) is 66.0 Å². The number of sulfone groups is 1. The number of nitrogens with zero attached hydrogens (tertiary/aromatic N) is 1. The maximum Gasteiger partial charge on any atom is 0.183 e. The first-order valence-corrected chi connectivity index (χ1v) is 8.58. The van der Waals surface area contributed by atoms with E-state index >= 15 is 0 Å². The van der Waals surface area contributed by atoms with Gasteiger partial charge in [-0.05, 0) is 29.8 Å². The van der Waals surface area contributed by atoms with Gasteiger partial charge >= 0.3 is 0 Å². The van der Waals surface area contributed by atoms with E-state index in [1.54, 1.807) is 24.3 Å². The van der Waals surface area contributed by atoms with Crippen molar-refractivity contribution in [2.24, 2.45) is 5.41 Å². The number of halogens is 1. The van der Waals surface area contributed by atoms with Crippen LogP contribution in [-0.2, 0) is 9.84 Å².